The minimum absolute atomic E-state index is 0.000440. The Labute approximate surface area is 155 Å². The topological polar surface area (TPSA) is 54.3 Å². The standard InChI is InChI=1S/C20H19N3O2S/c24-19(18-9-5-11-26-18)21-12-16-14-22-10-4-8-17(22)20(25)23(16)13-15-6-2-1-3-7-15/h1-11,16H,12-14H2,(H,21,24). The van der Waals surface area contributed by atoms with E-state index in [0.717, 1.165) is 5.56 Å². The number of carbonyl (C=O) groups is 2. The van der Waals surface area contributed by atoms with Crippen molar-refractivity contribution >= 4 is 23.2 Å². The molecule has 5 nitrogen and oxygen atoms in total. The van der Waals surface area contributed by atoms with Crippen LogP contribution in [0.4, 0.5) is 0 Å². The fourth-order valence-corrected chi connectivity index (χ4v) is 3.91. The molecule has 1 atom stereocenters. The van der Waals surface area contributed by atoms with E-state index in [1.165, 1.54) is 11.3 Å². The lowest BCUT2D eigenvalue weighted by molar-refractivity contribution is 0.0563. The molecular formula is C20H19N3O2S. The molecule has 1 aliphatic heterocycles. The molecule has 1 N–H and O–H groups in total. The molecule has 0 saturated heterocycles. The van der Waals surface area contributed by atoms with Crippen LogP contribution in [0.1, 0.15) is 25.7 Å². The minimum Gasteiger partial charge on any atom is -0.349 e. The second-order valence-electron chi connectivity index (χ2n) is 6.31. The van der Waals surface area contributed by atoms with E-state index in [2.05, 4.69) is 5.32 Å². The van der Waals surface area contributed by atoms with E-state index >= 15 is 0 Å². The van der Waals surface area contributed by atoms with Gasteiger partial charge in [-0.05, 0) is 29.1 Å². The summed E-state index contributed by atoms with van der Waals surface area (Å²) < 4.78 is 1.96. The summed E-state index contributed by atoms with van der Waals surface area (Å²) >= 11 is 1.41. The van der Waals surface area contributed by atoms with Gasteiger partial charge in [0.25, 0.3) is 11.8 Å². The first-order valence-electron chi connectivity index (χ1n) is 8.54. The van der Waals surface area contributed by atoms with Gasteiger partial charge < -0.3 is 14.8 Å². The average Bonchev–Trinajstić information content (AvgIpc) is 3.35. The van der Waals surface area contributed by atoms with Crippen LogP contribution in [0.5, 0.6) is 0 Å². The highest BCUT2D eigenvalue weighted by Gasteiger charge is 2.32. The summed E-state index contributed by atoms with van der Waals surface area (Å²) in [6.45, 7) is 1.63. The normalized spacial score (nSPS) is 16.4. The van der Waals surface area contributed by atoms with E-state index in [1.54, 1.807) is 6.07 Å². The van der Waals surface area contributed by atoms with Crippen molar-refractivity contribution in [2.24, 2.45) is 0 Å². The molecular weight excluding hydrogens is 346 g/mol. The second-order valence-corrected chi connectivity index (χ2v) is 7.25. The van der Waals surface area contributed by atoms with Crippen LogP contribution in [-0.4, -0.2) is 33.9 Å². The predicted molar refractivity (Wildman–Crippen MR) is 101 cm³/mol. The minimum atomic E-state index is -0.0922. The number of nitrogens with one attached hydrogen (secondary N) is 1. The molecule has 1 unspecified atom stereocenters. The molecule has 2 amide bonds. The van der Waals surface area contributed by atoms with Crippen molar-refractivity contribution in [2.45, 2.75) is 19.1 Å². The second kappa shape index (κ2) is 7.17. The van der Waals surface area contributed by atoms with Crippen LogP contribution in [0, 0.1) is 0 Å². The molecule has 1 aliphatic rings. The third-order valence-electron chi connectivity index (χ3n) is 4.60. The van der Waals surface area contributed by atoms with E-state index in [9.17, 15) is 9.59 Å². The maximum absolute atomic E-state index is 13.0. The Balaban J connectivity index is 1.53. The average molecular weight is 365 g/mol. The van der Waals surface area contributed by atoms with Gasteiger partial charge in [-0.15, -0.1) is 11.3 Å². The lowest BCUT2D eigenvalue weighted by Gasteiger charge is -2.37. The molecule has 0 spiro atoms. The fourth-order valence-electron chi connectivity index (χ4n) is 3.27. The molecule has 2 aromatic heterocycles. The summed E-state index contributed by atoms with van der Waals surface area (Å²) in [6.07, 6.45) is 1.92. The van der Waals surface area contributed by atoms with Crippen LogP contribution >= 0.6 is 11.3 Å². The number of thiophene rings is 1. The summed E-state index contributed by atoms with van der Waals surface area (Å²) in [5.74, 6) is -0.0918. The summed E-state index contributed by atoms with van der Waals surface area (Å²) in [6, 6.07) is 17.2. The molecule has 0 fully saturated rings. The van der Waals surface area contributed by atoms with Gasteiger partial charge in [0.15, 0.2) is 0 Å². The van der Waals surface area contributed by atoms with Crippen molar-refractivity contribution in [3.63, 3.8) is 0 Å². The molecule has 4 rings (SSSR count). The molecule has 0 bridgehead atoms. The predicted octanol–water partition coefficient (Wildman–Crippen LogP) is 3.00. The third-order valence-corrected chi connectivity index (χ3v) is 5.47. The molecule has 132 valence electrons. The first-order valence-corrected chi connectivity index (χ1v) is 9.42. The summed E-state index contributed by atoms with van der Waals surface area (Å²) in [7, 11) is 0. The number of aromatic nitrogens is 1. The maximum Gasteiger partial charge on any atom is 0.271 e. The SMILES string of the molecule is O=C(NCC1Cn2cccc2C(=O)N1Cc1ccccc1)c1cccs1. The Hall–Kier alpha value is -2.86. The number of benzene rings is 1. The number of nitrogens with zero attached hydrogens (tertiary/aromatic N) is 2. The lowest BCUT2D eigenvalue weighted by Crippen LogP contribution is -2.52. The monoisotopic (exact) mass is 365 g/mol. The Kier molecular flexibility index (Phi) is 4.58. The quantitative estimate of drug-likeness (QED) is 0.756. The highest BCUT2D eigenvalue weighted by atomic mass is 32.1. The first-order chi connectivity index (χ1) is 12.7. The van der Waals surface area contributed by atoms with E-state index in [0.29, 0.717) is 30.2 Å². The Morgan fingerprint density at radius 3 is 2.73 bits per heavy atom. The van der Waals surface area contributed by atoms with Gasteiger partial charge in [-0.1, -0.05) is 36.4 Å². The van der Waals surface area contributed by atoms with E-state index < -0.39 is 0 Å². The van der Waals surface area contributed by atoms with Crippen molar-refractivity contribution < 1.29 is 9.59 Å². The van der Waals surface area contributed by atoms with Gasteiger partial charge in [0.2, 0.25) is 0 Å². The van der Waals surface area contributed by atoms with Crippen LogP contribution in [0.3, 0.4) is 0 Å². The van der Waals surface area contributed by atoms with Gasteiger partial charge in [0, 0.05) is 25.8 Å². The van der Waals surface area contributed by atoms with Crippen LogP contribution in [-0.2, 0) is 13.1 Å². The van der Waals surface area contributed by atoms with Gasteiger partial charge in [-0.2, -0.15) is 0 Å². The van der Waals surface area contributed by atoms with Crippen molar-refractivity contribution in [1.82, 2.24) is 14.8 Å². The number of amides is 2. The van der Waals surface area contributed by atoms with Gasteiger partial charge in [0.1, 0.15) is 5.69 Å². The molecule has 26 heavy (non-hydrogen) atoms. The molecule has 0 saturated carbocycles. The van der Waals surface area contributed by atoms with Crippen molar-refractivity contribution in [2.75, 3.05) is 6.54 Å². The smallest absolute Gasteiger partial charge is 0.271 e. The Morgan fingerprint density at radius 2 is 1.96 bits per heavy atom. The van der Waals surface area contributed by atoms with Gasteiger partial charge in [0.05, 0.1) is 10.9 Å². The zero-order valence-electron chi connectivity index (χ0n) is 14.2. The van der Waals surface area contributed by atoms with Crippen LogP contribution in [0.25, 0.3) is 0 Å². The Morgan fingerprint density at radius 1 is 1.12 bits per heavy atom. The lowest BCUT2D eigenvalue weighted by atomic mass is 10.1. The van der Waals surface area contributed by atoms with Gasteiger partial charge in [-0.3, -0.25) is 9.59 Å². The molecule has 3 aromatic rings. The first kappa shape index (κ1) is 16.6. The van der Waals surface area contributed by atoms with Gasteiger partial charge >= 0.3 is 0 Å². The highest BCUT2D eigenvalue weighted by Crippen LogP contribution is 2.21. The number of hydrogen-bond acceptors (Lipinski definition) is 3. The summed E-state index contributed by atoms with van der Waals surface area (Å²) in [5, 5.41) is 4.86. The third kappa shape index (κ3) is 3.28. The van der Waals surface area contributed by atoms with Crippen LogP contribution in [0.2, 0.25) is 0 Å². The number of fused-ring (bicyclic) bond motifs is 1. The fraction of sp³-hybridized carbons (Fsp3) is 0.200. The molecule has 0 aliphatic carbocycles. The number of hydrogen-bond donors (Lipinski definition) is 1. The molecule has 1 aromatic carbocycles. The van der Waals surface area contributed by atoms with Gasteiger partial charge in [-0.25, -0.2) is 0 Å². The van der Waals surface area contributed by atoms with E-state index in [4.69, 9.17) is 0 Å². The summed E-state index contributed by atoms with van der Waals surface area (Å²) in [5.41, 5.74) is 1.78. The number of carbonyl (C=O) groups excluding carboxylic acids is 2. The molecule has 6 heteroatoms. The van der Waals surface area contributed by atoms with Crippen LogP contribution in [0.15, 0.2) is 66.2 Å². The summed E-state index contributed by atoms with van der Waals surface area (Å²) in [4.78, 5) is 27.8. The maximum atomic E-state index is 13.0. The van der Waals surface area contributed by atoms with Crippen molar-refractivity contribution in [3.8, 4) is 0 Å². The Bertz CT molecular complexity index is 902. The highest BCUT2D eigenvalue weighted by molar-refractivity contribution is 7.12. The van der Waals surface area contributed by atoms with E-state index in [1.807, 2.05) is 69.6 Å². The van der Waals surface area contributed by atoms with E-state index in [-0.39, 0.29) is 17.9 Å². The molecule has 0 radical (unpaired) electrons. The zero-order valence-corrected chi connectivity index (χ0v) is 15.0. The van der Waals surface area contributed by atoms with Crippen LogP contribution < -0.4 is 5.32 Å². The van der Waals surface area contributed by atoms with Crippen molar-refractivity contribution in [1.29, 1.82) is 0 Å². The zero-order chi connectivity index (χ0) is 17.9. The number of rotatable bonds is 5. The molecule has 3 heterocycles. The largest absolute Gasteiger partial charge is 0.349 e. The van der Waals surface area contributed by atoms with Crippen molar-refractivity contribution in [3.05, 3.63) is 82.3 Å².